The minimum Gasteiger partial charge on any atom is -0.415 e. The van der Waals surface area contributed by atoms with Gasteiger partial charge in [-0.05, 0) is 35.9 Å². The highest BCUT2D eigenvalue weighted by Crippen LogP contribution is 2.30. The molecule has 4 aromatic rings. The van der Waals surface area contributed by atoms with Crippen molar-refractivity contribution in [3.63, 3.8) is 0 Å². The van der Waals surface area contributed by atoms with Gasteiger partial charge in [-0.3, -0.25) is 14.5 Å². The molecule has 0 bridgehead atoms. The standard InChI is InChI=1S/C24H21F2N5O5S/c1-31-12-18(23(30-31)36-24(25)26)19-5-4-15-10-27-17(9-20(15)29-19)11-28-22(32)14-2-3-16-13-35-6-7-37(33,34)21(16)8-14/h2-5,8-10,12,24H,6-7,11,13H2,1H3,(H,28,32). The molecule has 13 heteroatoms. The van der Waals surface area contributed by atoms with Crippen molar-refractivity contribution in [3.8, 4) is 17.1 Å². The Morgan fingerprint density at radius 2 is 2.08 bits per heavy atom. The number of sulfone groups is 1. The maximum atomic E-state index is 12.8. The van der Waals surface area contributed by atoms with E-state index in [9.17, 15) is 22.0 Å². The number of halogens is 2. The molecular formula is C24H21F2N5O5S. The lowest BCUT2D eigenvalue weighted by Crippen LogP contribution is -2.23. The molecule has 0 unspecified atom stereocenters. The molecule has 1 aromatic carbocycles. The van der Waals surface area contributed by atoms with Gasteiger partial charge in [0.05, 0.1) is 52.9 Å². The Morgan fingerprint density at radius 1 is 1.24 bits per heavy atom. The third-order valence-electron chi connectivity index (χ3n) is 5.75. The number of amides is 1. The summed E-state index contributed by atoms with van der Waals surface area (Å²) in [5, 5.41) is 7.36. The van der Waals surface area contributed by atoms with E-state index >= 15 is 0 Å². The summed E-state index contributed by atoms with van der Waals surface area (Å²) < 4.78 is 61.7. The van der Waals surface area contributed by atoms with E-state index in [-0.39, 0.29) is 41.9 Å². The summed E-state index contributed by atoms with van der Waals surface area (Å²) in [6, 6.07) is 9.56. The molecule has 0 saturated heterocycles. The van der Waals surface area contributed by atoms with Gasteiger partial charge >= 0.3 is 6.61 Å². The third kappa shape index (κ3) is 5.27. The second-order valence-electron chi connectivity index (χ2n) is 8.34. The SMILES string of the molecule is Cn1cc(-c2ccc3cnc(CNC(=O)c4ccc5c(c4)S(=O)(=O)CCOC5)cc3n2)c(OC(F)F)n1. The average Bonchev–Trinajstić information content (AvgIpc) is 3.15. The van der Waals surface area contributed by atoms with Gasteiger partial charge in [0.1, 0.15) is 0 Å². The van der Waals surface area contributed by atoms with Crippen molar-refractivity contribution in [3.05, 3.63) is 65.6 Å². The van der Waals surface area contributed by atoms with Crippen molar-refractivity contribution in [1.29, 1.82) is 0 Å². The molecule has 1 N–H and O–H groups in total. The van der Waals surface area contributed by atoms with Crippen LogP contribution in [0.25, 0.3) is 22.2 Å². The maximum Gasteiger partial charge on any atom is 0.388 e. The van der Waals surface area contributed by atoms with Gasteiger partial charge in [-0.15, -0.1) is 5.10 Å². The van der Waals surface area contributed by atoms with Crippen molar-refractivity contribution in [2.24, 2.45) is 7.05 Å². The highest BCUT2D eigenvalue weighted by atomic mass is 32.2. The first-order valence-corrected chi connectivity index (χ1v) is 12.8. The largest absolute Gasteiger partial charge is 0.415 e. The number of carbonyl (C=O) groups excluding carboxylic acids is 1. The third-order valence-corrected chi connectivity index (χ3v) is 7.50. The molecule has 0 atom stereocenters. The van der Waals surface area contributed by atoms with Gasteiger partial charge in [0.2, 0.25) is 5.88 Å². The van der Waals surface area contributed by atoms with Crippen LogP contribution in [0.3, 0.4) is 0 Å². The van der Waals surface area contributed by atoms with Gasteiger partial charge in [-0.2, -0.15) is 8.78 Å². The van der Waals surface area contributed by atoms with Crippen LogP contribution in [-0.4, -0.2) is 53.0 Å². The number of carbonyl (C=O) groups is 1. The van der Waals surface area contributed by atoms with Crippen LogP contribution < -0.4 is 10.1 Å². The molecule has 10 nitrogen and oxygen atoms in total. The summed E-state index contributed by atoms with van der Waals surface area (Å²) >= 11 is 0. The molecule has 192 valence electrons. The van der Waals surface area contributed by atoms with Crippen LogP contribution in [-0.2, 0) is 34.8 Å². The van der Waals surface area contributed by atoms with E-state index in [1.807, 2.05) is 0 Å². The van der Waals surface area contributed by atoms with Crippen LogP contribution in [0.15, 0.2) is 53.7 Å². The first kappa shape index (κ1) is 24.7. The number of fused-ring (bicyclic) bond motifs is 2. The van der Waals surface area contributed by atoms with Crippen LogP contribution in [0.5, 0.6) is 5.88 Å². The van der Waals surface area contributed by atoms with Gasteiger partial charge in [0, 0.05) is 30.4 Å². The predicted molar refractivity (Wildman–Crippen MR) is 128 cm³/mol. The Kier molecular flexibility index (Phi) is 6.56. The summed E-state index contributed by atoms with van der Waals surface area (Å²) in [5.74, 6) is -0.841. The number of aromatic nitrogens is 4. The van der Waals surface area contributed by atoms with Crippen LogP contribution in [0, 0.1) is 0 Å². The number of aryl methyl sites for hydroxylation is 1. The number of nitrogens with zero attached hydrogens (tertiary/aromatic N) is 4. The summed E-state index contributed by atoms with van der Waals surface area (Å²) in [6.45, 7) is -2.70. The van der Waals surface area contributed by atoms with Crippen molar-refractivity contribution >= 4 is 26.6 Å². The first-order valence-electron chi connectivity index (χ1n) is 11.2. The van der Waals surface area contributed by atoms with Crippen LogP contribution in [0.2, 0.25) is 0 Å². The van der Waals surface area contributed by atoms with E-state index in [0.717, 1.165) is 0 Å². The summed E-state index contributed by atoms with van der Waals surface area (Å²) in [5.41, 5.74) is 2.43. The summed E-state index contributed by atoms with van der Waals surface area (Å²) in [7, 11) is -1.96. The highest BCUT2D eigenvalue weighted by Gasteiger charge is 2.24. The number of pyridine rings is 2. The Labute approximate surface area is 210 Å². The number of ether oxygens (including phenoxy) is 2. The predicted octanol–water partition coefficient (Wildman–Crippen LogP) is 2.87. The lowest BCUT2D eigenvalue weighted by Gasteiger charge is -2.10. The normalized spacial score (nSPS) is 14.8. The van der Waals surface area contributed by atoms with Crippen molar-refractivity contribution in [2.75, 3.05) is 12.4 Å². The van der Waals surface area contributed by atoms with Gasteiger partial charge in [-0.1, -0.05) is 6.07 Å². The molecule has 37 heavy (non-hydrogen) atoms. The van der Waals surface area contributed by atoms with Crippen LogP contribution in [0.1, 0.15) is 21.6 Å². The second kappa shape index (κ2) is 9.82. The van der Waals surface area contributed by atoms with E-state index in [4.69, 9.17) is 4.74 Å². The number of hydrogen-bond acceptors (Lipinski definition) is 8. The van der Waals surface area contributed by atoms with Crippen molar-refractivity contribution in [2.45, 2.75) is 24.7 Å². The monoisotopic (exact) mass is 529 g/mol. The van der Waals surface area contributed by atoms with Gasteiger partial charge in [0.15, 0.2) is 9.84 Å². The fourth-order valence-electron chi connectivity index (χ4n) is 3.96. The molecule has 3 aromatic heterocycles. The fraction of sp³-hybridized carbons (Fsp3) is 0.250. The molecule has 0 aliphatic carbocycles. The lowest BCUT2D eigenvalue weighted by atomic mass is 10.1. The zero-order chi connectivity index (χ0) is 26.2. The summed E-state index contributed by atoms with van der Waals surface area (Å²) in [4.78, 5) is 21.7. The number of benzene rings is 1. The Bertz CT molecular complexity index is 1610. The van der Waals surface area contributed by atoms with Crippen molar-refractivity contribution in [1.82, 2.24) is 25.1 Å². The second-order valence-corrected chi connectivity index (χ2v) is 10.4. The molecule has 1 amide bonds. The van der Waals surface area contributed by atoms with Crippen molar-refractivity contribution < 1.29 is 31.5 Å². The molecule has 1 aliphatic heterocycles. The first-order chi connectivity index (χ1) is 17.7. The zero-order valence-electron chi connectivity index (χ0n) is 19.5. The number of nitrogens with one attached hydrogen (secondary N) is 1. The summed E-state index contributed by atoms with van der Waals surface area (Å²) in [6.07, 6.45) is 3.11. The van der Waals surface area contributed by atoms with E-state index in [2.05, 4.69) is 25.1 Å². The molecule has 5 rings (SSSR count). The topological polar surface area (TPSA) is 125 Å². The quantitative estimate of drug-likeness (QED) is 0.404. The van der Waals surface area contributed by atoms with Gasteiger partial charge in [0.25, 0.3) is 5.91 Å². The average molecular weight is 530 g/mol. The Hall–Kier alpha value is -3.97. The maximum absolute atomic E-state index is 12.8. The molecule has 0 spiro atoms. The van der Waals surface area contributed by atoms with E-state index in [1.54, 1.807) is 43.6 Å². The number of alkyl halides is 2. The van der Waals surface area contributed by atoms with E-state index in [1.165, 1.54) is 16.9 Å². The molecule has 0 fully saturated rings. The molecule has 0 radical (unpaired) electrons. The van der Waals surface area contributed by atoms with Crippen LogP contribution in [0.4, 0.5) is 8.78 Å². The minimum absolute atomic E-state index is 0.0558. The zero-order valence-corrected chi connectivity index (χ0v) is 20.3. The fourth-order valence-corrected chi connectivity index (χ4v) is 5.35. The molecule has 1 aliphatic rings. The van der Waals surface area contributed by atoms with E-state index < -0.39 is 22.4 Å². The number of hydrogen-bond donors (Lipinski definition) is 1. The smallest absolute Gasteiger partial charge is 0.388 e. The molecule has 4 heterocycles. The Morgan fingerprint density at radius 3 is 2.89 bits per heavy atom. The molecular weight excluding hydrogens is 508 g/mol. The van der Waals surface area contributed by atoms with Crippen LogP contribution >= 0.6 is 0 Å². The van der Waals surface area contributed by atoms with E-state index in [0.29, 0.717) is 33.4 Å². The Balaban J connectivity index is 1.36. The lowest BCUT2D eigenvalue weighted by molar-refractivity contribution is -0.0527. The van der Waals surface area contributed by atoms with Gasteiger partial charge in [-0.25, -0.2) is 13.4 Å². The minimum atomic E-state index is -3.54. The molecule has 0 saturated carbocycles. The highest BCUT2D eigenvalue weighted by molar-refractivity contribution is 7.91. The number of rotatable bonds is 6. The van der Waals surface area contributed by atoms with Gasteiger partial charge < -0.3 is 14.8 Å².